The van der Waals surface area contributed by atoms with Crippen LogP contribution in [-0.4, -0.2) is 134 Å². The lowest BCUT2D eigenvalue weighted by Gasteiger charge is -2.42. The van der Waals surface area contributed by atoms with Gasteiger partial charge in [-0.15, -0.1) is 0 Å². The Balaban J connectivity index is 0.000000273. The zero-order valence-corrected chi connectivity index (χ0v) is 30.3. The third-order valence-electron chi connectivity index (χ3n) is 8.67. The molecule has 2 unspecified atom stereocenters. The van der Waals surface area contributed by atoms with E-state index in [-0.39, 0.29) is 29.4 Å². The summed E-state index contributed by atoms with van der Waals surface area (Å²) in [5, 5.41) is 7.33. The van der Waals surface area contributed by atoms with Crippen molar-refractivity contribution in [2.24, 2.45) is 0 Å². The van der Waals surface area contributed by atoms with Crippen LogP contribution >= 0.6 is 23.2 Å². The first-order chi connectivity index (χ1) is 21.0. The maximum Gasteiger partial charge on any atom is 0.410 e. The van der Waals surface area contributed by atoms with E-state index in [2.05, 4.69) is 46.8 Å². The second-order valence-electron chi connectivity index (χ2n) is 15.1. The lowest BCUT2D eigenvalue weighted by molar-refractivity contribution is -0.127. The molecule has 0 bridgehead atoms. The molecule has 4 heterocycles. The highest BCUT2D eigenvalue weighted by Crippen LogP contribution is 2.32. The predicted molar refractivity (Wildman–Crippen MR) is 176 cm³/mol. The van der Waals surface area contributed by atoms with Crippen LogP contribution in [0, 0.1) is 0 Å². The summed E-state index contributed by atoms with van der Waals surface area (Å²) in [4.78, 5) is 62.8. The van der Waals surface area contributed by atoms with E-state index in [4.69, 9.17) is 9.47 Å². The van der Waals surface area contributed by atoms with Crippen LogP contribution in [0.5, 0.6) is 0 Å². The third-order valence-corrected chi connectivity index (χ3v) is 9.11. The van der Waals surface area contributed by atoms with Crippen LogP contribution in [0.3, 0.4) is 0 Å². The summed E-state index contributed by atoms with van der Waals surface area (Å²) in [6.45, 7) is 22.1. The molecule has 4 rings (SSSR count). The molecule has 12 nitrogen and oxygen atoms in total. The van der Waals surface area contributed by atoms with Gasteiger partial charge in [-0.25, -0.2) is 9.59 Å². The molecule has 14 heteroatoms. The quantitative estimate of drug-likeness (QED) is 0.335. The van der Waals surface area contributed by atoms with Crippen LogP contribution in [0.25, 0.3) is 0 Å². The zero-order chi connectivity index (χ0) is 35.1. The van der Waals surface area contributed by atoms with Gasteiger partial charge < -0.3 is 24.4 Å². The first-order valence-corrected chi connectivity index (χ1v) is 16.8. The Morgan fingerprint density at radius 2 is 1.04 bits per heavy atom. The molecule has 0 radical (unpaired) electrons. The first-order valence-electron chi connectivity index (χ1n) is 16.1. The van der Waals surface area contributed by atoms with Crippen molar-refractivity contribution in [1.29, 1.82) is 0 Å². The van der Waals surface area contributed by atoms with Gasteiger partial charge in [0.2, 0.25) is 0 Å². The summed E-state index contributed by atoms with van der Waals surface area (Å²) in [7, 11) is 0. The molecule has 0 aliphatic carbocycles. The molecular weight excluding hydrogens is 639 g/mol. The highest BCUT2D eigenvalue weighted by molar-refractivity contribution is 6.97. The molecule has 4 aliphatic rings. The Morgan fingerprint density at radius 1 is 0.696 bits per heavy atom. The first kappa shape index (κ1) is 40.2. The Kier molecular flexibility index (Phi) is 14.3. The lowest BCUT2D eigenvalue weighted by atomic mass is 9.95. The van der Waals surface area contributed by atoms with Gasteiger partial charge in [0.25, 0.3) is 0 Å². The van der Waals surface area contributed by atoms with E-state index in [1.807, 2.05) is 46.4 Å². The molecule has 0 aromatic rings. The molecule has 0 spiro atoms. The summed E-state index contributed by atoms with van der Waals surface area (Å²) >= 11 is 8.98. The maximum atomic E-state index is 12.1. The monoisotopic (exact) mass is 692 g/mol. The number of hydrogen-bond acceptors (Lipinski definition) is 10. The summed E-state index contributed by atoms with van der Waals surface area (Å²) in [6, 6.07) is 0. The number of hydrogen-bond donors (Lipinski definition) is 1. The van der Waals surface area contributed by atoms with Crippen LogP contribution in [0.4, 0.5) is 9.59 Å². The van der Waals surface area contributed by atoms with Crippen LogP contribution in [-0.2, 0) is 23.9 Å². The molecule has 2 atom stereocenters. The van der Waals surface area contributed by atoms with E-state index in [1.54, 1.807) is 4.90 Å². The van der Waals surface area contributed by atoms with Gasteiger partial charge in [0, 0.05) is 76.3 Å². The average molecular weight is 694 g/mol. The van der Waals surface area contributed by atoms with Gasteiger partial charge in [0.15, 0.2) is 0 Å². The third kappa shape index (κ3) is 12.9. The van der Waals surface area contributed by atoms with Gasteiger partial charge >= 0.3 is 22.7 Å². The van der Waals surface area contributed by atoms with E-state index in [0.29, 0.717) is 25.2 Å². The normalized spacial score (nSPS) is 26.5. The molecule has 4 saturated heterocycles. The molecule has 2 amide bonds. The highest BCUT2D eigenvalue weighted by atomic mass is 35.5. The number of halogens is 2. The van der Waals surface area contributed by atoms with Gasteiger partial charge in [0.1, 0.15) is 17.0 Å². The van der Waals surface area contributed by atoms with E-state index < -0.39 is 21.7 Å². The summed E-state index contributed by atoms with van der Waals surface area (Å²) in [5.74, 6) is 0.354. The Bertz CT molecular complexity index is 1080. The fourth-order valence-electron chi connectivity index (χ4n) is 6.07. The van der Waals surface area contributed by atoms with Crippen molar-refractivity contribution >= 4 is 51.7 Å². The molecular formula is C32H54Cl2N4O8. The fraction of sp³-hybridized carbons (Fsp3) is 0.844. The summed E-state index contributed by atoms with van der Waals surface area (Å²) < 4.78 is 10.9. The second kappa shape index (κ2) is 16.4. The highest BCUT2D eigenvalue weighted by Gasteiger charge is 2.44. The standard InChI is InChI=1S/C15H28N2O3.C15H26N2O3.C2Cl2O2/c2*1-14(2,3)20-13(19)16-10-7-15(4,11-16)17-8-5-12(18)6-9-17;3-1(5)2(4)6/h12,18H,5-11H2,1-4H3;5-11H2,1-4H3;. The van der Waals surface area contributed by atoms with Gasteiger partial charge in [-0.3, -0.25) is 24.2 Å². The van der Waals surface area contributed by atoms with Gasteiger partial charge in [-0.1, -0.05) is 0 Å². The molecule has 4 fully saturated rings. The zero-order valence-electron chi connectivity index (χ0n) is 28.8. The van der Waals surface area contributed by atoms with Crippen LogP contribution in [0.1, 0.15) is 93.9 Å². The number of Topliss-reactive ketones (excluding diaryl/α,β-unsaturated/α-hetero) is 1. The number of ketones is 1. The number of aliphatic hydroxyl groups excluding tert-OH is 1. The van der Waals surface area contributed by atoms with Crippen LogP contribution in [0.15, 0.2) is 0 Å². The van der Waals surface area contributed by atoms with Crippen molar-refractivity contribution in [3.63, 3.8) is 0 Å². The Hall–Kier alpha value is -1.99. The van der Waals surface area contributed by atoms with Crippen molar-refractivity contribution in [2.75, 3.05) is 52.4 Å². The van der Waals surface area contributed by atoms with Crippen LogP contribution in [0.2, 0.25) is 0 Å². The fourth-order valence-corrected chi connectivity index (χ4v) is 6.07. The van der Waals surface area contributed by atoms with Crippen molar-refractivity contribution in [1.82, 2.24) is 19.6 Å². The van der Waals surface area contributed by atoms with E-state index in [1.165, 1.54) is 0 Å². The molecule has 46 heavy (non-hydrogen) atoms. The molecule has 1 N–H and O–H groups in total. The van der Waals surface area contributed by atoms with Crippen molar-refractivity contribution in [3.8, 4) is 0 Å². The second-order valence-corrected chi connectivity index (χ2v) is 15.8. The van der Waals surface area contributed by atoms with Gasteiger partial charge in [0.05, 0.1) is 6.10 Å². The smallest absolute Gasteiger partial charge is 0.410 e. The maximum absolute atomic E-state index is 12.1. The number of nitrogens with zero attached hydrogens (tertiary/aromatic N) is 4. The summed E-state index contributed by atoms with van der Waals surface area (Å²) in [5.41, 5.74) is -0.881. The number of amides is 2. The van der Waals surface area contributed by atoms with Crippen molar-refractivity contribution < 1.29 is 38.6 Å². The van der Waals surface area contributed by atoms with E-state index >= 15 is 0 Å². The van der Waals surface area contributed by atoms with E-state index in [0.717, 1.165) is 71.5 Å². The molecule has 0 aromatic heterocycles. The number of carbonyl (C=O) groups excluding carboxylic acids is 5. The minimum absolute atomic E-state index is 0.0163. The number of ether oxygens (including phenoxy) is 2. The predicted octanol–water partition coefficient (Wildman–Crippen LogP) is 4.41. The average Bonchev–Trinajstić information content (AvgIpc) is 3.53. The van der Waals surface area contributed by atoms with Gasteiger partial charge in [-0.05, 0) is 104 Å². The number of aliphatic hydroxyl groups is 1. The largest absolute Gasteiger partial charge is 0.444 e. The van der Waals surface area contributed by atoms with Crippen molar-refractivity contribution in [2.45, 2.75) is 122 Å². The van der Waals surface area contributed by atoms with Gasteiger partial charge in [-0.2, -0.15) is 0 Å². The topological polar surface area (TPSA) is 137 Å². The summed E-state index contributed by atoms with van der Waals surface area (Å²) in [6.07, 6.45) is 4.28. The van der Waals surface area contributed by atoms with Crippen molar-refractivity contribution in [3.05, 3.63) is 0 Å². The number of likely N-dealkylation sites (tertiary alicyclic amines) is 4. The number of rotatable bonds is 3. The van der Waals surface area contributed by atoms with E-state index in [9.17, 15) is 29.1 Å². The lowest BCUT2D eigenvalue weighted by Crippen LogP contribution is -2.52. The SMILES string of the molecule is CC(C)(C)OC(=O)N1CCC(C)(N2CCC(=O)CC2)C1.CC(C)(C)OC(=O)N1CCC(C)(N2CCC(O)CC2)C1.O=C(Cl)C(=O)Cl. The Morgan fingerprint density at radius 3 is 1.37 bits per heavy atom. The minimum Gasteiger partial charge on any atom is -0.444 e. The number of carbonyl (C=O) groups is 5. The molecule has 0 aromatic carbocycles. The Labute approximate surface area is 284 Å². The molecule has 4 aliphatic heterocycles. The minimum atomic E-state index is -1.14. The van der Waals surface area contributed by atoms with Crippen LogP contribution < -0.4 is 0 Å². The number of piperidine rings is 2. The molecule has 264 valence electrons. The molecule has 0 saturated carbocycles.